The van der Waals surface area contributed by atoms with E-state index in [9.17, 15) is 4.79 Å². The van der Waals surface area contributed by atoms with Gasteiger partial charge in [0, 0.05) is 18.0 Å². The molecule has 0 amide bonds. The second-order valence-corrected chi connectivity index (χ2v) is 6.13. The third-order valence-corrected chi connectivity index (χ3v) is 3.90. The first-order valence-electron chi connectivity index (χ1n) is 8.62. The minimum absolute atomic E-state index is 0.147. The van der Waals surface area contributed by atoms with E-state index in [1.807, 2.05) is 42.5 Å². The van der Waals surface area contributed by atoms with Gasteiger partial charge in [0.05, 0.1) is 19.6 Å². The van der Waals surface area contributed by atoms with Crippen LogP contribution in [0.15, 0.2) is 54.6 Å². The van der Waals surface area contributed by atoms with Crippen molar-refractivity contribution in [3.05, 3.63) is 60.2 Å². The molecule has 1 atom stereocenters. The van der Waals surface area contributed by atoms with Crippen LogP contribution in [-0.4, -0.2) is 43.9 Å². The predicted octanol–water partition coefficient (Wildman–Crippen LogP) is 1.76. The quantitative estimate of drug-likeness (QED) is 0.592. The van der Waals surface area contributed by atoms with Gasteiger partial charge < -0.3 is 15.6 Å². The number of hydrogen-bond donors (Lipinski definition) is 2. The van der Waals surface area contributed by atoms with Gasteiger partial charge in [-0.05, 0) is 35.0 Å². The molecule has 2 aromatic carbocycles. The molecule has 140 valence electrons. The van der Waals surface area contributed by atoms with Crippen LogP contribution in [0.1, 0.15) is 12.0 Å². The summed E-state index contributed by atoms with van der Waals surface area (Å²) < 4.78 is 5.76. The predicted molar refractivity (Wildman–Crippen MR) is 99.1 cm³/mol. The van der Waals surface area contributed by atoms with E-state index in [1.165, 1.54) is 10.4 Å². The fraction of sp³-hybridized carbons (Fsp3) is 0.263. The van der Waals surface area contributed by atoms with Crippen LogP contribution in [0.25, 0.3) is 11.4 Å². The van der Waals surface area contributed by atoms with Gasteiger partial charge in [0.25, 0.3) is 0 Å². The summed E-state index contributed by atoms with van der Waals surface area (Å²) in [6, 6.07) is 17.0. The van der Waals surface area contributed by atoms with E-state index in [1.54, 1.807) is 0 Å². The molecule has 3 N–H and O–H groups in total. The van der Waals surface area contributed by atoms with Gasteiger partial charge in [-0.15, -0.1) is 10.2 Å². The lowest BCUT2D eigenvalue weighted by molar-refractivity contribution is -0.137. The molecule has 0 bridgehead atoms. The maximum atomic E-state index is 10.7. The van der Waals surface area contributed by atoms with Crippen LogP contribution in [0, 0.1) is 0 Å². The van der Waals surface area contributed by atoms with Gasteiger partial charge in [0.15, 0.2) is 0 Å². The summed E-state index contributed by atoms with van der Waals surface area (Å²) >= 11 is 0. The van der Waals surface area contributed by atoms with Crippen LogP contribution in [0.3, 0.4) is 0 Å². The Labute approximate surface area is 156 Å². The molecule has 27 heavy (non-hydrogen) atoms. The number of ether oxygens (including phenoxy) is 1. The molecule has 1 aromatic heterocycles. The third kappa shape index (κ3) is 5.61. The number of nitrogens with zero attached hydrogens (tertiary/aromatic N) is 4. The number of carboxylic acid groups (broad SMARTS) is 1. The summed E-state index contributed by atoms with van der Waals surface area (Å²) in [5, 5.41) is 20.9. The molecule has 8 nitrogen and oxygen atoms in total. The van der Waals surface area contributed by atoms with E-state index in [0.29, 0.717) is 12.4 Å². The van der Waals surface area contributed by atoms with E-state index in [-0.39, 0.29) is 13.0 Å². The van der Waals surface area contributed by atoms with Crippen molar-refractivity contribution in [1.82, 2.24) is 20.2 Å². The molecule has 0 aliphatic carbocycles. The molecule has 0 fully saturated rings. The van der Waals surface area contributed by atoms with Crippen LogP contribution in [-0.2, 0) is 17.8 Å². The molecule has 3 rings (SSSR count). The van der Waals surface area contributed by atoms with E-state index >= 15 is 0 Å². The van der Waals surface area contributed by atoms with Gasteiger partial charge in [-0.25, -0.2) is 0 Å². The van der Waals surface area contributed by atoms with Crippen molar-refractivity contribution in [3.63, 3.8) is 0 Å². The number of carbonyl (C=O) groups is 1. The molecule has 0 saturated carbocycles. The first kappa shape index (κ1) is 18.5. The molecule has 8 heteroatoms. The van der Waals surface area contributed by atoms with Crippen molar-refractivity contribution in [1.29, 1.82) is 0 Å². The number of nitrogens with two attached hydrogens (primary N) is 1. The van der Waals surface area contributed by atoms with Crippen molar-refractivity contribution < 1.29 is 14.6 Å². The van der Waals surface area contributed by atoms with Crippen LogP contribution in [0.5, 0.6) is 5.75 Å². The maximum Gasteiger partial charge on any atom is 0.304 e. The number of rotatable bonds is 9. The Kier molecular flexibility index (Phi) is 6.11. The second kappa shape index (κ2) is 8.91. The van der Waals surface area contributed by atoms with Crippen LogP contribution in [0.4, 0.5) is 0 Å². The summed E-state index contributed by atoms with van der Waals surface area (Å²) in [6.45, 7) is 0.791. The molecule has 0 radical (unpaired) electrons. The fourth-order valence-corrected chi connectivity index (χ4v) is 2.57. The van der Waals surface area contributed by atoms with Gasteiger partial charge in [-0.1, -0.05) is 30.3 Å². The number of hydrogen-bond acceptors (Lipinski definition) is 6. The zero-order valence-corrected chi connectivity index (χ0v) is 14.7. The zero-order chi connectivity index (χ0) is 19.1. The summed E-state index contributed by atoms with van der Waals surface area (Å²) in [5.41, 5.74) is 7.76. The zero-order valence-electron chi connectivity index (χ0n) is 14.7. The Morgan fingerprint density at radius 3 is 2.59 bits per heavy atom. The van der Waals surface area contributed by atoms with E-state index in [4.69, 9.17) is 15.6 Å². The van der Waals surface area contributed by atoms with E-state index in [0.717, 1.165) is 17.7 Å². The summed E-state index contributed by atoms with van der Waals surface area (Å²) in [7, 11) is 0. The van der Waals surface area contributed by atoms with Crippen molar-refractivity contribution in [2.24, 2.45) is 5.73 Å². The lowest BCUT2D eigenvalue weighted by Crippen LogP contribution is -2.30. The van der Waals surface area contributed by atoms with Gasteiger partial charge in [0.2, 0.25) is 5.82 Å². The highest BCUT2D eigenvalue weighted by Gasteiger charge is 2.12. The Hall–Kier alpha value is -3.26. The maximum absolute atomic E-state index is 10.7. The van der Waals surface area contributed by atoms with Gasteiger partial charge >= 0.3 is 5.97 Å². The molecule has 0 aliphatic rings. The van der Waals surface area contributed by atoms with Gasteiger partial charge in [0.1, 0.15) is 5.75 Å². The summed E-state index contributed by atoms with van der Waals surface area (Å²) in [6.07, 6.45) is 0.695. The van der Waals surface area contributed by atoms with E-state index < -0.39 is 12.0 Å². The number of tetrazole rings is 1. The minimum Gasteiger partial charge on any atom is -0.493 e. The smallest absolute Gasteiger partial charge is 0.304 e. The van der Waals surface area contributed by atoms with Gasteiger partial charge in [-0.2, -0.15) is 4.80 Å². The van der Waals surface area contributed by atoms with Crippen molar-refractivity contribution in [3.8, 4) is 17.1 Å². The average molecular weight is 367 g/mol. The highest BCUT2D eigenvalue weighted by Crippen LogP contribution is 2.19. The molecular weight excluding hydrogens is 346 g/mol. The first-order valence-corrected chi connectivity index (χ1v) is 8.62. The molecule has 3 aromatic rings. The van der Waals surface area contributed by atoms with Crippen LogP contribution >= 0.6 is 0 Å². The number of carboxylic acids is 1. The summed E-state index contributed by atoms with van der Waals surface area (Å²) in [5.74, 6) is 0.268. The Morgan fingerprint density at radius 1 is 1.15 bits per heavy atom. The number of aromatic nitrogens is 4. The standard InChI is InChI=1S/C19H21N5O3/c20-16(12-18(25)26)13-24-22-19(21-23-24)15-6-8-17(9-7-15)27-11-10-14-4-2-1-3-5-14/h1-9,16H,10-13,20H2,(H,25,26)/t16-/m1/s1. The van der Waals surface area contributed by atoms with Crippen LogP contribution < -0.4 is 10.5 Å². The largest absolute Gasteiger partial charge is 0.493 e. The lowest BCUT2D eigenvalue weighted by Gasteiger charge is -2.07. The molecule has 0 unspecified atom stereocenters. The van der Waals surface area contributed by atoms with Crippen molar-refractivity contribution in [2.45, 2.75) is 25.4 Å². The first-order chi connectivity index (χ1) is 13.1. The fourth-order valence-electron chi connectivity index (χ4n) is 2.57. The minimum atomic E-state index is -0.953. The Balaban J connectivity index is 1.53. The normalized spacial score (nSPS) is 11.9. The highest BCUT2D eigenvalue weighted by molar-refractivity contribution is 5.67. The molecule has 1 heterocycles. The SMILES string of the molecule is N[C@H](CC(=O)O)Cn1nnc(-c2ccc(OCCc3ccccc3)cc2)n1. The monoisotopic (exact) mass is 367 g/mol. The van der Waals surface area contributed by atoms with Crippen LogP contribution in [0.2, 0.25) is 0 Å². The highest BCUT2D eigenvalue weighted by atomic mass is 16.5. The van der Waals surface area contributed by atoms with Gasteiger partial charge in [-0.3, -0.25) is 4.79 Å². The average Bonchev–Trinajstić information content (AvgIpc) is 3.11. The van der Waals surface area contributed by atoms with E-state index in [2.05, 4.69) is 27.5 Å². The van der Waals surface area contributed by atoms with Crippen molar-refractivity contribution in [2.75, 3.05) is 6.61 Å². The Bertz CT molecular complexity index is 865. The Morgan fingerprint density at radius 2 is 1.89 bits per heavy atom. The molecule has 0 saturated heterocycles. The lowest BCUT2D eigenvalue weighted by atomic mass is 10.2. The molecule has 0 spiro atoms. The van der Waals surface area contributed by atoms with Crippen molar-refractivity contribution >= 4 is 5.97 Å². The number of benzene rings is 2. The topological polar surface area (TPSA) is 116 Å². The molecule has 0 aliphatic heterocycles. The second-order valence-electron chi connectivity index (χ2n) is 6.13. The number of aliphatic carboxylic acids is 1. The summed E-state index contributed by atoms with van der Waals surface area (Å²) in [4.78, 5) is 12.0. The third-order valence-electron chi connectivity index (χ3n) is 3.90. The molecular formula is C19H21N5O3.